The summed E-state index contributed by atoms with van der Waals surface area (Å²) in [4.78, 5) is 45.0. The Morgan fingerprint density at radius 3 is 2.79 bits per heavy atom. The third kappa shape index (κ3) is 3.35. The van der Waals surface area contributed by atoms with Crippen LogP contribution in [0.2, 0.25) is 0 Å². The molecule has 2 aliphatic rings. The highest BCUT2D eigenvalue weighted by molar-refractivity contribution is 7.19. The van der Waals surface area contributed by atoms with Crippen molar-refractivity contribution in [3.8, 4) is 10.4 Å². The summed E-state index contributed by atoms with van der Waals surface area (Å²) in [5, 5.41) is 3.28. The first-order valence-electron chi connectivity index (χ1n) is 9.50. The Morgan fingerprint density at radius 1 is 1.31 bits per heavy atom. The number of urea groups is 1. The number of nitrogens with two attached hydrogens (primary N) is 1. The van der Waals surface area contributed by atoms with Crippen molar-refractivity contribution < 1.29 is 14.4 Å². The van der Waals surface area contributed by atoms with Gasteiger partial charge in [-0.3, -0.25) is 14.9 Å². The lowest BCUT2D eigenvalue weighted by Gasteiger charge is -2.21. The van der Waals surface area contributed by atoms with Crippen molar-refractivity contribution in [2.24, 2.45) is 5.73 Å². The van der Waals surface area contributed by atoms with Crippen LogP contribution in [0.3, 0.4) is 0 Å². The van der Waals surface area contributed by atoms with E-state index in [1.165, 1.54) is 16.2 Å². The Bertz CT molecular complexity index is 1030. The van der Waals surface area contributed by atoms with E-state index in [2.05, 4.69) is 10.3 Å². The van der Waals surface area contributed by atoms with Crippen LogP contribution in [-0.2, 0) is 11.3 Å². The SMILES string of the molecule is Cc1cc(-c2sc(NC(=O)N3CCC[C@H]3C(N)=O)nc2C)cc2c1C(=O)N(C)C2. The Hall–Kier alpha value is -2.94. The van der Waals surface area contributed by atoms with Crippen molar-refractivity contribution in [2.45, 2.75) is 39.3 Å². The van der Waals surface area contributed by atoms with E-state index >= 15 is 0 Å². The molecule has 152 valence electrons. The monoisotopic (exact) mass is 413 g/mol. The molecule has 0 unspecified atom stereocenters. The summed E-state index contributed by atoms with van der Waals surface area (Å²) >= 11 is 1.38. The predicted molar refractivity (Wildman–Crippen MR) is 111 cm³/mol. The third-order valence-corrected chi connectivity index (χ3v) is 6.62. The number of aryl methyl sites for hydroxylation is 2. The van der Waals surface area contributed by atoms with Gasteiger partial charge in [-0.1, -0.05) is 11.3 Å². The number of rotatable bonds is 3. The second-order valence-electron chi connectivity index (χ2n) is 7.61. The van der Waals surface area contributed by atoms with Gasteiger partial charge in [0.2, 0.25) is 5.91 Å². The topological polar surface area (TPSA) is 109 Å². The number of fused-ring (bicyclic) bond motifs is 1. The number of amides is 4. The summed E-state index contributed by atoms with van der Waals surface area (Å²) in [7, 11) is 1.80. The molecule has 1 saturated heterocycles. The average Bonchev–Trinajstić information content (AvgIpc) is 3.33. The van der Waals surface area contributed by atoms with Gasteiger partial charge in [-0.2, -0.15) is 0 Å². The molecular formula is C20H23N5O3S. The summed E-state index contributed by atoms with van der Waals surface area (Å²) in [6.07, 6.45) is 1.34. The van der Waals surface area contributed by atoms with Crippen LogP contribution in [0.4, 0.5) is 9.93 Å². The minimum Gasteiger partial charge on any atom is -0.368 e. The second-order valence-corrected chi connectivity index (χ2v) is 8.61. The van der Waals surface area contributed by atoms with E-state index in [0.717, 1.165) is 39.2 Å². The molecule has 29 heavy (non-hydrogen) atoms. The second kappa shape index (κ2) is 7.14. The van der Waals surface area contributed by atoms with Crippen molar-refractivity contribution in [3.05, 3.63) is 34.5 Å². The van der Waals surface area contributed by atoms with E-state index in [1.807, 2.05) is 26.0 Å². The first kappa shape index (κ1) is 19.4. The molecule has 8 nitrogen and oxygen atoms in total. The van der Waals surface area contributed by atoms with Crippen LogP contribution in [0.15, 0.2) is 12.1 Å². The van der Waals surface area contributed by atoms with Crippen LogP contribution >= 0.6 is 11.3 Å². The van der Waals surface area contributed by atoms with Gasteiger partial charge in [-0.25, -0.2) is 9.78 Å². The van der Waals surface area contributed by atoms with Gasteiger partial charge in [-0.05, 0) is 55.5 Å². The van der Waals surface area contributed by atoms with Gasteiger partial charge in [0.05, 0.1) is 10.6 Å². The summed E-state index contributed by atoms with van der Waals surface area (Å²) in [5.41, 5.74) is 9.90. The molecule has 9 heteroatoms. The van der Waals surface area contributed by atoms with E-state index < -0.39 is 11.9 Å². The maximum absolute atomic E-state index is 12.6. The molecule has 1 aromatic heterocycles. The average molecular weight is 414 g/mol. The van der Waals surface area contributed by atoms with Crippen molar-refractivity contribution in [2.75, 3.05) is 18.9 Å². The molecule has 1 aromatic carbocycles. The molecule has 1 fully saturated rings. The number of primary amides is 1. The Kier molecular flexibility index (Phi) is 4.77. The van der Waals surface area contributed by atoms with Crippen molar-refractivity contribution in [3.63, 3.8) is 0 Å². The van der Waals surface area contributed by atoms with Crippen LogP contribution in [0, 0.1) is 13.8 Å². The van der Waals surface area contributed by atoms with Crippen LogP contribution in [0.25, 0.3) is 10.4 Å². The summed E-state index contributed by atoms with van der Waals surface area (Å²) in [6, 6.07) is 3.10. The molecule has 3 N–H and O–H groups in total. The first-order chi connectivity index (χ1) is 13.8. The molecule has 0 saturated carbocycles. The number of aromatic nitrogens is 1. The largest absolute Gasteiger partial charge is 0.368 e. The number of likely N-dealkylation sites (tertiary alicyclic amines) is 1. The number of hydrogen-bond donors (Lipinski definition) is 2. The van der Waals surface area contributed by atoms with Gasteiger partial charge in [0.15, 0.2) is 5.13 Å². The number of thiazole rings is 1. The zero-order valence-electron chi connectivity index (χ0n) is 16.6. The first-order valence-corrected chi connectivity index (χ1v) is 10.3. The Labute approximate surface area is 172 Å². The lowest BCUT2D eigenvalue weighted by Crippen LogP contribution is -2.45. The minimum atomic E-state index is -0.565. The summed E-state index contributed by atoms with van der Waals surface area (Å²) in [5.74, 6) is -0.436. The van der Waals surface area contributed by atoms with Gasteiger partial charge in [0, 0.05) is 25.7 Å². The third-order valence-electron chi connectivity index (χ3n) is 5.50. The van der Waals surface area contributed by atoms with Gasteiger partial charge < -0.3 is 15.5 Å². The maximum Gasteiger partial charge on any atom is 0.324 e. The van der Waals surface area contributed by atoms with Gasteiger partial charge >= 0.3 is 6.03 Å². The van der Waals surface area contributed by atoms with Crippen LogP contribution < -0.4 is 11.1 Å². The molecule has 4 rings (SSSR count). The van der Waals surface area contributed by atoms with E-state index in [9.17, 15) is 14.4 Å². The molecule has 0 bridgehead atoms. The zero-order chi connectivity index (χ0) is 20.9. The lowest BCUT2D eigenvalue weighted by molar-refractivity contribution is -0.121. The van der Waals surface area contributed by atoms with Gasteiger partial charge in [0.25, 0.3) is 5.91 Å². The Balaban J connectivity index is 1.59. The molecule has 2 aromatic rings. The fourth-order valence-corrected chi connectivity index (χ4v) is 5.07. The number of nitrogens with one attached hydrogen (secondary N) is 1. The molecule has 4 amide bonds. The smallest absolute Gasteiger partial charge is 0.324 e. The van der Waals surface area contributed by atoms with Crippen molar-refractivity contribution in [1.29, 1.82) is 0 Å². The number of hydrogen-bond acceptors (Lipinski definition) is 5. The number of anilines is 1. The molecular weight excluding hydrogens is 390 g/mol. The number of benzene rings is 1. The van der Waals surface area contributed by atoms with E-state index in [1.54, 1.807) is 11.9 Å². The number of carbonyl (C=O) groups is 3. The van der Waals surface area contributed by atoms with Crippen molar-refractivity contribution in [1.82, 2.24) is 14.8 Å². The highest BCUT2D eigenvalue weighted by Gasteiger charge is 2.33. The molecule has 0 aliphatic carbocycles. The number of carbonyl (C=O) groups excluding carboxylic acids is 3. The normalized spacial score (nSPS) is 18.3. The number of nitrogens with zero attached hydrogens (tertiary/aromatic N) is 3. The van der Waals surface area contributed by atoms with E-state index in [4.69, 9.17) is 5.73 Å². The minimum absolute atomic E-state index is 0.0487. The van der Waals surface area contributed by atoms with Crippen molar-refractivity contribution >= 4 is 34.3 Å². The summed E-state index contributed by atoms with van der Waals surface area (Å²) in [6.45, 7) is 4.93. The fourth-order valence-electron chi connectivity index (χ4n) is 4.13. The molecule has 1 atom stereocenters. The highest BCUT2D eigenvalue weighted by Crippen LogP contribution is 2.37. The van der Waals surface area contributed by atoms with Crippen LogP contribution in [-0.4, -0.2) is 52.3 Å². The fraction of sp³-hybridized carbons (Fsp3) is 0.400. The Morgan fingerprint density at radius 2 is 2.07 bits per heavy atom. The van der Waals surface area contributed by atoms with Gasteiger partial charge in [0.1, 0.15) is 6.04 Å². The van der Waals surface area contributed by atoms with Crippen LogP contribution in [0.1, 0.15) is 40.0 Å². The summed E-state index contributed by atoms with van der Waals surface area (Å²) < 4.78 is 0. The lowest BCUT2D eigenvalue weighted by atomic mass is 9.99. The quantitative estimate of drug-likeness (QED) is 0.806. The zero-order valence-corrected chi connectivity index (χ0v) is 17.4. The predicted octanol–water partition coefficient (Wildman–Crippen LogP) is 2.49. The standard InChI is InChI=1S/C20H23N5O3S/c1-10-7-12(8-13-9-24(3)18(27)15(10)13)16-11(2)22-19(29-16)23-20(28)25-6-4-5-14(25)17(21)26/h7-8,14H,4-6,9H2,1-3H3,(H2,21,26)(H,22,23,28)/t14-/m0/s1. The van der Waals surface area contributed by atoms with E-state index in [0.29, 0.717) is 24.6 Å². The van der Waals surface area contributed by atoms with Crippen LogP contribution in [0.5, 0.6) is 0 Å². The maximum atomic E-state index is 12.6. The molecule has 0 spiro atoms. The molecule has 2 aliphatic heterocycles. The highest BCUT2D eigenvalue weighted by atomic mass is 32.1. The van der Waals surface area contributed by atoms with Gasteiger partial charge in [-0.15, -0.1) is 0 Å². The molecule has 3 heterocycles. The van der Waals surface area contributed by atoms with E-state index in [-0.39, 0.29) is 11.9 Å². The molecule has 0 radical (unpaired) electrons.